The van der Waals surface area contributed by atoms with Crippen LogP contribution in [0.1, 0.15) is 12.8 Å². The number of amides is 1. The van der Waals surface area contributed by atoms with Gasteiger partial charge in [0, 0.05) is 13.1 Å². The molecule has 0 aliphatic carbocycles. The van der Waals surface area contributed by atoms with Gasteiger partial charge in [0.05, 0.1) is 0 Å². The fourth-order valence-corrected chi connectivity index (χ4v) is 1.66. The van der Waals surface area contributed by atoms with Gasteiger partial charge in [0.15, 0.2) is 0 Å². The molecule has 0 unspecified atom stereocenters. The molecule has 0 aromatic carbocycles. The van der Waals surface area contributed by atoms with Gasteiger partial charge in [0.25, 0.3) is 0 Å². The molecule has 6 heteroatoms. The van der Waals surface area contributed by atoms with E-state index in [0.717, 1.165) is 12.8 Å². The van der Waals surface area contributed by atoms with Gasteiger partial charge in [-0.1, -0.05) is 0 Å². The van der Waals surface area contributed by atoms with E-state index in [0.29, 0.717) is 13.1 Å². The third kappa shape index (κ3) is 2.02. The average molecular weight is 179 g/mol. The Morgan fingerprint density at radius 3 is 2.09 bits per heavy atom. The van der Waals surface area contributed by atoms with E-state index in [1.54, 1.807) is 0 Å². The van der Waals surface area contributed by atoms with Crippen LogP contribution in [0.2, 0.25) is 0 Å². The minimum absolute atomic E-state index is 0.476. The number of carbonyl (C=O) groups is 1. The monoisotopic (exact) mass is 179 g/mol. The standard InChI is InChI=1S/C5H10NO4P/c7-5(11(8,9)10)6-3-1-2-4-6/h1-4H2,(H2,8,9,10). The van der Waals surface area contributed by atoms with Crippen molar-refractivity contribution < 1.29 is 19.1 Å². The lowest BCUT2D eigenvalue weighted by atomic mass is 10.4. The van der Waals surface area contributed by atoms with Crippen LogP contribution in [0, 0.1) is 0 Å². The highest BCUT2D eigenvalue weighted by Crippen LogP contribution is 2.38. The summed E-state index contributed by atoms with van der Waals surface area (Å²) in [7, 11) is -4.52. The molecule has 0 aromatic heterocycles. The summed E-state index contributed by atoms with van der Waals surface area (Å²) in [5.74, 6) is 0. The molecule has 0 bridgehead atoms. The molecule has 2 N–H and O–H groups in total. The SMILES string of the molecule is O=C(N1CCCC1)P(=O)(O)O. The molecule has 0 saturated carbocycles. The fraction of sp³-hybridized carbons (Fsp3) is 0.800. The molecular formula is C5H10NO4P. The van der Waals surface area contributed by atoms with Gasteiger partial charge in [0.2, 0.25) is 0 Å². The van der Waals surface area contributed by atoms with Crippen molar-refractivity contribution in [1.82, 2.24) is 4.90 Å². The zero-order valence-electron chi connectivity index (χ0n) is 5.93. The zero-order valence-corrected chi connectivity index (χ0v) is 6.83. The highest BCUT2D eigenvalue weighted by Gasteiger charge is 2.32. The van der Waals surface area contributed by atoms with E-state index in [1.165, 1.54) is 4.90 Å². The van der Waals surface area contributed by atoms with E-state index >= 15 is 0 Å². The summed E-state index contributed by atoms with van der Waals surface area (Å²) in [6.07, 6.45) is 1.68. The van der Waals surface area contributed by atoms with E-state index in [-0.39, 0.29) is 0 Å². The van der Waals surface area contributed by atoms with E-state index < -0.39 is 13.2 Å². The predicted octanol–water partition coefficient (Wildman–Crippen LogP) is 0.380. The van der Waals surface area contributed by atoms with Gasteiger partial charge in [-0.15, -0.1) is 0 Å². The summed E-state index contributed by atoms with van der Waals surface area (Å²) in [6, 6.07) is 0. The second kappa shape index (κ2) is 2.93. The zero-order chi connectivity index (χ0) is 8.48. The topological polar surface area (TPSA) is 77.8 Å². The lowest BCUT2D eigenvalue weighted by Gasteiger charge is -2.14. The molecule has 1 saturated heterocycles. The lowest BCUT2D eigenvalue weighted by Crippen LogP contribution is -2.25. The van der Waals surface area contributed by atoms with Crippen molar-refractivity contribution in [3.8, 4) is 0 Å². The minimum atomic E-state index is -4.52. The number of hydrogen-bond acceptors (Lipinski definition) is 2. The molecule has 1 aliphatic heterocycles. The predicted molar refractivity (Wildman–Crippen MR) is 38.2 cm³/mol. The lowest BCUT2D eigenvalue weighted by molar-refractivity contribution is 0.220. The third-order valence-corrected chi connectivity index (χ3v) is 2.41. The summed E-state index contributed by atoms with van der Waals surface area (Å²) < 4.78 is 10.4. The third-order valence-electron chi connectivity index (χ3n) is 1.63. The Balaban J connectivity index is 2.61. The maximum Gasteiger partial charge on any atom is 0.413 e. The molecule has 64 valence electrons. The maximum atomic E-state index is 10.8. The average Bonchev–Trinajstić information content (AvgIpc) is 2.34. The second-order valence-electron chi connectivity index (χ2n) is 2.52. The molecule has 5 nitrogen and oxygen atoms in total. The fourth-order valence-electron chi connectivity index (χ4n) is 1.09. The first kappa shape index (κ1) is 8.71. The normalized spacial score (nSPS) is 18.9. The van der Waals surface area contributed by atoms with Crippen LogP contribution in [0.25, 0.3) is 0 Å². The largest absolute Gasteiger partial charge is 0.413 e. The summed E-state index contributed by atoms with van der Waals surface area (Å²) in [5.41, 5.74) is -1.03. The number of carbonyl (C=O) groups excluding carboxylic acids is 1. The number of likely N-dealkylation sites (tertiary alicyclic amines) is 1. The Bertz CT molecular complexity index is 205. The van der Waals surface area contributed by atoms with Gasteiger partial charge in [-0.2, -0.15) is 0 Å². The van der Waals surface area contributed by atoms with Crippen LogP contribution < -0.4 is 0 Å². The quantitative estimate of drug-likeness (QED) is 0.570. The Labute approximate surface area is 64.2 Å². The first-order valence-electron chi connectivity index (χ1n) is 3.37. The summed E-state index contributed by atoms with van der Waals surface area (Å²) in [6.45, 7) is 0.952. The Morgan fingerprint density at radius 1 is 1.27 bits per heavy atom. The molecule has 1 heterocycles. The van der Waals surface area contributed by atoms with Crippen LogP contribution in [-0.4, -0.2) is 33.4 Å². The van der Waals surface area contributed by atoms with Crippen molar-refractivity contribution in [2.45, 2.75) is 12.8 Å². The van der Waals surface area contributed by atoms with Crippen LogP contribution in [0.4, 0.5) is 4.79 Å². The van der Waals surface area contributed by atoms with Crippen LogP contribution >= 0.6 is 7.60 Å². The second-order valence-corrected chi connectivity index (χ2v) is 3.99. The minimum Gasteiger partial charge on any atom is -0.332 e. The number of nitrogens with zero attached hydrogens (tertiary/aromatic N) is 1. The van der Waals surface area contributed by atoms with Crippen molar-refractivity contribution >= 4 is 13.2 Å². The molecule has 11 heavy (non-hydrogen) atoms. The van der Waals surface area contributed by atoms with E-state index in [2.05, 4.69) is 0 Å². The maximum absolute atomic E-state index is 10.8. The Hall–Kier alpha value is -0.380. The molecular weight excluding hydrogens is 169 g/mol. The molecule has 0 spiro atoms. The first-order chi connectivity index (χ1) is 5.02. The first-order valence-corrected chi connectivity index (χ1v) is 4.98. The van der Waals surface area contributed by atoms with Gasteiger partial charge in [-0.05, 0) is 12.8 Å². The molecule has 0 aromatic rings. The van der Waals surface area contributed by atoms with Crippen molar-refractivity contribution in [2.24, 2.45) is 0 Å². The Kier molecular flexibility index (Phi) is 2.32. The van der Waals surface area contributed by atoms with E-state index in [1.807, 2.05) is 0 Å². The van der Waals surface area contributed by atoms with E-state index in [9.17, 15) is 9.36 Å². The molecule has 1 aliphatic rings. The number of hydrogen-bond donors (Lipinski definition) is 2. The van der Waals surface area contributed by atoms with Crippen LogP contribution in [0.5, 0.6) is 0 Å². The van der Waals surface area contributed by atoms with Crippen molar-refractivity contribution in [3.63, 3.8) is 0 Å². The molecule has 0 atom stereocenters. The number of rotatable bonds is 1. The van der Waals surface area contributed by atoms with Gasteiger partial charge in [-0.3, -0.25) is 4.79 Å². The molecule has 1 fully saturated rings. The molecule has 1 rings (SSSR count). The Morgan fingerprint density at radius 2 is 1.73 bits per heavy atom. The summed E-state index contributed by atoms with van der Waals surface area (Å²) in [4.78, 5) is 29.0. The van der Waals surface area contributed by atoms with Crippen LogP contribution in [0.3, 0.4) is 0 Å². The van der Waals surface area contributed by atoms with Crippen LogP contribution in [0.15, 0.2) is 0 Å². The van der Waals surface area contributed by atoms with Crippen molar-refractivity contribution in [3.05, 3.63) is 0 Å². The van der Waals surface area contributed by atoms with Gasteiger partial charge < -0.3 is 14.7 Å². The van der Waals surface area contributed by atoms with Crippen molar-refractivity contribution in [1.29, 1.82) is 0 Å². The van der Waals surface area contributed by atoms with E-state index in [4.69, 9.17) is 9.79 Å². The van der Waals surface area contributed by atoms with Gasteiger partial charge in [-0.25, -0.2) is 4.57 Å². The summed E-state index contributed by atoms with van der Waals surface area (Å²) in [5, 5.41) is 0. The van der Waals surface area contributed by atoms with Crippen LogP contribution in [-0.2, 0) is 4.57 Å². The summed E-state index contributed by atoms with van der Waals surface area (Å²) >= 11 is 0. The van der Waals surface area contributed by atoms with Gasteiger partial charge >= 0.3 is 13.2 Å². The van der Waals surface area contributed by atoms with Gasteiger partial charge in [0.1, 0.15) is 0 Å². The highest BCUT2D eigenvalue weighted by molar-refractivity contribution is 7.69. The van der Waals surface area contributed by atoms with Crippen molar-refractivity contribution in [2.75, 3.05) is 13.1 Å². The smallest absolute Gasteiger partial charge is 0.332 e. The molecule has 1 amide bonds. The molecule has 0 radical (unpaired) electrons. The highest BCUT2D eigenvalue weighted by atomic mass is 31.2.